The molecule has 1 rings (SSSR count). The second kappa shape index (κ2) is 8.22. The van der Waals surface area contributed by atoms with Crippen LogP contribution in [0.1, 0.15) is 6.92 Å². The molecule has 15 heavy (non-hydrogen) atoms. The van der Waals surface area contributed by atoms with Crippen molar-refractivity contribution in [1.82, 2.24) is 0 Å². The van der Waals surface area contributed by atoms with E-state index >= 15 is 0 Å². The summed E-state index contributed by atoms with van der Waals surface area (Å²) in [6.07, 6.45) is 0. The molecule has 0 fully saturated rings. The van der Waals surface area contributed by atoms with E-state index in [1.165, 1.54) is 24.3 Å². The van der Waals surface area contributed by atoms with E-state index in [0.717, 1.165) is 6.92 Å². The zero-order valence-electron chi connectivity index (χ0n) is 8.34. The Kier molecular flexibility index (Phi) is 8.94. The quantitative estimate of drug-likeness (QED) is 0.310. The van der Waals surface area contributed by atoms with Crippen LogP contribution in [0.4, 0.5) is 5.69 Å². The predicted octanol–water partition coefficient (Wildman–Crippen LogP) is -2.94. The zero-order valence-corrected chi connectivity index (χ0v) is 10.3. The summed E-state index contributed by atoms with van der Waals surface area (Å²) in [4.78, 5) is 18.4. The van der Waals surface area contributed by atoms with Crippen LogP contribution in [0, 0.1) is 10.1 Å². The van der Waals surface area contributed by atoms with Gasteiger partial charge in [-0.15, -0.1) is 0 Å². The number of hydrogen-bond donors (Lipinski definition) is 1. The molecule has 0 aliphatic carbocycles. The third-order valence-corrected chi connectivity index (χ3v) is 1.06. The molecule has 0 aromatic heterocycles. The second-order valence-electron chi connectivity index (χ2n) is 2.27. The van der Waals surface area contributed by atoms with Crippen molar-refractivity contribution >= 4 is 11.7 Å². The number of carbonyl (C=O) groups excluding carboxylic acids is 1. The molecule has 0 saturated carbocycles. The molecule has 1 N–H and O–H groups in total. The Bertz CT molecular complexity index is 320. The SMILES string of the molecule is CC(=O)[O-].O=[N+]([O-])c1ccc(O)cc1.[Na+]. The van der Waals surface area contributed by atoms with Crippen molar-refractivity contribution in [3.05, 3.63) is 34.4 Å². The first-order chi connectivity index (χ1) is 6.43. The van der Waals surface area contributed by atoms with E-state index in [0.29, 0.717) is 0 Å². The molecular formula is C8H8NNaO5. The fourth-order valence-electron chi connectivity index (χ4n) is 0.574. The molecule has 0 atom stereocenters. The van der Waals surface area contributed by atoms with E-state index in [9.17, 15) is 10.1 Å². The normalized spacial score (nSPS) is 7.80. The summed E-state index contributed by atoms with van der Waals surface area (Å²) >= 11 is 0. The minimum atomic E-state index is -1.08. The number of carboxylic acids is 1. The topological polar surface area (TPSA) is 104 Å². The average Bonchev–Trinajstić information content (AvgIpc) is 2.03. The van der Waals surface area contributed by atoms with Gasteiger partial charge in [0.15, 0.2) is 0 Å². The third kappa shape index (κ3) is 9.20. The first-order valence-electron chi connectivity index (χ1n) is 3.54. The number of carboxylic acid groups (broad SMARTS) is 1. The molecule has 0 radical (unpaired) electrons. The molecule has 1 aromatic carbocycles. The number of aliphatic carboxylic acids is 1. The Labute approximate surface area is 108 Å². The van der Waals surface area contributed by atoms with Crippen LogP contribution in [0.5, 0.6) is 5.75 Å². The van der Waals surface area contributed by atoms with Gasteiger partial charge >= 0.3 is 29.6 Å². The number of non-ortho nitro benzene ring substituents is 1. The van der Waals surface area contributed by atoms with Gasteiger partial charge < -0.3 is 15.0 Å². The number of carbonyl (C=O) groups is 1. The van der Waals surface area contributed by atoms with Crippen LogP contribution < -0.4 is 34.7 Å². The van der Waals surface area contributed by atoms with Crippen molar-refractivity contribution in [2.24, 2.45) is 0 Å². The van der Waals surface area contributed by atoms with Crippen LogP contribution >= 0.6 is 0 Å². The molecule has 0 aliphatic heterocycles. The Hall–Kier alpha value is -1.11. The molecule has 76 valence electrons. The van der Waals surface area contributed by atoms with Gasteiger partial charge in [-0.3, -0.25) is 10.1 Å². The molecule has 0 saturated heterocycles. The first-order valence-corrected chi connectivity index (χ1v) is 3.54. The van der Waals surface area contributed by atoms with Gasteiger partial charge in [0.1, 0.15) is 5.75 Å². The minimum Gasteiger partial charge on any atom is -0.550 e. The predicted molar refractivity (Wildman–Crippen MR) is 45.4 cm³/mol. The average molecular weight is 221 g/mol. The Morgan fingerprint density at radius 2 is 1.67 bits per heavy atom. The summed E-state index contributed by atoms with van der Waals surface area (Å²) in [5, 5.41) is 27.6. The third-order valence-electron chi connectivity index (χ3n) is 1.06. The summed E-state index contributed by atoms with van der Waals surface area (Å²) < 4.78 is 0. The van der Waals surface area contributed by atoms with Crippen molar-refractivity contribution in [1.29, 1.82) is 0 Å². The van der Waals surface area contributed by atoms with E-state index in [2.05, 4.69) is 0 Å². The van der Waals surface area contributed by atoms with Gasteiger partial charge in [0.2, 0.25) is 0 Å². The molecule has 0 bridgehead atoms. The molecule has 0 unspecified atom stereocenters. The van der Waals surface area contributed by atoms with Crippen LogP contribution in [-0.2, 0) is 4.79 Å². The van der Waals surface area contributed by atoms with Gasteiger partial charge in [0.05, 0.1) is 4.92 Å². The number of nitro groups is 1. The van der Waals surface area contributed by atoms with E-state index in [1.807, 2.05) is 0 Å². The number of benzene rings is 1. The molecule has 0 heterocycles. The number of rotatable bonds is 1. The smallest absolute Gasteiger partial charge is 0.550 e. The first kappa shape index (κ1) is 16.3. The molecular weight excluding hydrogens is 213 g/mol. The van der Waals surface area contributed by atoms with Gasteiger partial charge in [-0.05, 0) is 19.1 Å². The van der Waals surface area contributed by atoms with Crippen LogP contribution in [0.3, 0.4) is 0 Å². The number of phenolic OH excluding ortho intramolecular Hbond substituents is 1. The number of nitrogens with zero attached hydrogens (tertiary/aromatic N) is 1. The molecule has 1 aromatic rings. The maximum absolute atomic E-state index is 10.0. The van der Waals surface area contributed by atoms with Gasteiger partial charge in [-0.2, -0.15) is 0 Å². The van der Waals surface area contributed by atoms with Gasteiger partial charge in [0.25, 0.3) is 5.69 Å². The Morgan fingerprint density at radius 1 is 1.33 bits per heavy atom. The van der Waals surface area contributed by atoms with Crippen molar-refractivity contribution in [3.8, 4) is 5.75 Å². The van der Waals surface area contributed by atoms with Gasteiger partial charge in [-0.25, -0.2) is 0 Å². The Morgan fingerprint density at radius 3 is 1.93 bits per heavy atom. The van der Waals surface area contributed by atoms with E-state index < -0.39 is 10.9 Å². The Balaban J connectivity index is 0. The molecule has 0 spiro atoms. The molecule has 7 heteroatoms. The zero-order chi connectivity index (χ0) is 11.1. The van der Waals surface area contributed by atoms with Gasteiger partial charge in [0, 0.05) is 18.1 Å². The fourth-order valence-corrected chi connectivity index (χ4v) is 0.574. The summed E-state index contributed by atoms with van der Waals surface area (Å²) in [5.74, 6) is -1.05. The van der Waals surface area contributed by atoms with E-state index in [1.54, 1.807) is 0 Å². The molecule has 0 aliphatic rings. The minimum absolute atomic E-state index is 0. The standard InChI is InChI=1S/C6H5NO3.C2H4O2.Na/c8-6-3-1-5(2-4-6)7(9)10;1-2(3)4;/h1-4,8H;1H3,(H,3,4);/q;;+1/p-1. The van der Waals surface area contributed by atoms with E-state index in [4.69, 9.17) is 15.0 Å². The number of nitro benzene ring substituents is 1. The number of aromatic hydroxyl groups is 1. The number of hydrogen-bond acceptors (Lipinski definition) is 5. The second-order valence-corrected chi connectivity index (χ2v) is 2.27. The number of phenols is 1. The van der Waals surface area contributed by atoms with Crippen molar-refractivity contribution in [2.75, 3.05) is 0 Å². The van der Waals surface area contributed by atoms with E-state index in [-0.39, 0.29) is 41.0 Å². The largest absolute Gasteiger partial charge is 1.00 e. The maximum Gasteiger partial charge on any atom is 1.00 e. The van der Waals surface area contributed by atoms with Crippen LogP contribution in [0.25, 0.3) is 0 Å². The summed E-state index contributed by atoms with van der Waals surface area (Å²) in [6, 6.07) is 5.04. The van der Waals surface area contributed by atoms with Crippen molar-refractivity contribution in [3.63, 3.8) is 0 Å². The summed E-state index contributed by atoms with van der Waals surface area (Å²) in [5.41, 5.74) is -0.0159. The van der Waals surface area contributed by atoms with Crippen molar-refractivity contribution < 1.29 is 49.5 Å². The molecule has 6 nitrogen and oxygen atoms in total. The monoisotopic (exact) mass is 221 g/mol. The fraction of sp³-hybridized carbons (Fsp3) is 0.125. The van der Waals surface area contributed by atoms with Crippen LogP contribution in [-0.4, -0.2) is 16.0 Å². The van der Waals surface area contributed by atoms with Crippen LogP contribution in [0.15, 0.2) is 24.3 Å². The summed E-state index contributed by atoms with van der Waals surface area (Å²) in [6.45, 7) is 0.972. The van der Waals surface area contributed by atoms with Gasteiger partial charge in [-0.1, -0.05) is 0 Å². The van der Waals surface area contributed by atoms with Crippen LogP contribution in [0.2, 0.25) is 0 Å². The maximum atomic E-state index is 10.0. The molecule has 0 amide bonds. The summed E-state index contributed by atoms with van der Waals surface area (Å²) in [7, 11) is 0. The van der Waals surface area contributed by atoms with Crippen molar-refractivity contribution in [2.45, 2.75) is 6.92 Å².